The monoisotopic (exact) mass is 471 g/mol. The zero-order chi connectivity index (χ0) is 24.7. The molecular weight excluding hydrogens is 447 g/mol. The third-order valence-electron chi connectivity index (χ3n) is 4.85. The molecule has 0 unspecified atom stereocenters. The van der Waals surface area contributed by atoms with Crippen molar-refractivity contribution >= 4 is 11.7 Å². The van der Waals surface area contributed by atoms with Gasteiger partial charge < -0.3 is 14.6 Å². The van der Waals surface area contributed by atoms with Gasteiger partial charge in [0.2, 0.25) is 0 Å². The number of allylic oxidation sites excluding steroid dienone is 1. The van der Waals surface area contributed by atoms with Gasteiger partial charge in [-0.3, -0.25) is 0 Å². The van der Waals surface area contributed by atoms with Crippen molar-refractivity contribution < 1.29 is 32.5 Å². The Morgan fingerprint density at radius 2 is 1.82 bits per heavy atom. The molecule has 0 aliphatic rings. The van der Waals surface area contributed by atoms with Gasteiger partial charge in [0.05, 0.1) is 11.3 Å². The summed E-state index contributed by atoms with van der Waals surface area (Å²) in [6, 6.07) is 15.2. The number of carboxylic acids is 1. The summed E-state index contributed by atoms with van der Waals surface area (Å²) >= 11 is 0. The van der Waals surface area contributed by atoms with Crippen molar-refractivity contribution in [3.8, 4) is 22.8 Å². The van der Waals surface area contributed by atoms with Crippen molar-refractivity contribution in [3.63, 3.8) is 0 Å². The van der Waals surface area contributed by atoms with Crippen molar-refractivity contribution in [1.82, 2.24) is 4.98 Å². The normalized spacial score (nSPS) is 11.9. The first-order valence-corrected chi connectivity index (χ1v) is 10.7. The number of hydrogen-bond acceptors (Lipinski definition) is 4. The van der Waals surface area contributed by atoms with Crippen LogP contribution in [0.3, 0.4) is 0 Å². The topological polar surface area (TPSA) is 68.7 Å². The molecule has 8 heteroatoms. The van der Waals surface area contributed by atoms with Crippen LogP contribution in [0.15, 0.2) is 66.7 Å². The van der Waals surface area contributed by atoms with Crippen LogP contribution >= 0.6 is 0 Å². The number of carboxylic acid groups (broad SMARTS) is 1. The lowest BCUT2D eigenvalue weighted by Crippen LogP contribution is -2.10. The molecule has 2 aromatic carbocycles. The first-order chi connectivity index (χ1) is 16.2. The highest BCUT2D eigenvalue weighted by molar-refractivity contribution is 5.68. The van der Waals surface area contributed by atoms with Crippen LogP contribution in [-0.4, -0.2) is 22.7 Å². The summed E-state index contributed by atoms with van der Waals surface area (Å²) in [6.07, 6.45) is -0.875. The van der Waals surface area contributed by atoms with E-state index in [-0.39, 0.29) is 0 Å². The van der Waals surface area contributed by atoms with E-state index in [0.29, 0.717) is 39.8 Å². The van der Waals surface area contributed by atoms with Gasteiger partial charge in [-0.1, -0.05) is 31.5 Å². The van der Waals surface area contributed by atoms with Gasteiger partial charge in [0.25, 0.3) is 0 Å². The smallest absolute Gasteiger partial charge is 0.416 e. The third kappa shape index (κ3) is 6.60. The lowest BCUT2D eigenvalue weighted by atomic mass is 10.1. The van der Waals surface area contributed by atoms with Crippen LogP contribution in [0, 0.1) is 6.92 Å². The quantitative estimate of drug-likeness (QED) is 0.349. The predicted molar refractivity (Wildman–Crippen MR) is 122 cm³/mol. The van der Waals surface area contributed by atoms with Gasteiger partial charge in [-0.05, 0) is 67.4 Å². The van der Waals surface area contributed by atoms with Gasteiger partial charge in [0.1, 0.15) is 23.0 Å². The average Bonchev–Trinajstić information content (AvgIpc) is 2.80. The van der Waals surface area contributed by atoms with E-state index in [4.69, 9.17) is 14.6 Å². The molecule has 0 bridgehead atoms. The van der Waals surface area contributed by atoms with Gasteiger partial charge in [0, 0.05) is 5.56 Å². The molecule has 3 rings (SSSR count). The summed E-state index contributed by atoms with van der Waals surface area (Å²) in [4.78, 5) is 15.3. The molecule has 0 aliphatic carbocycles. The van der Waals surface area contributed by atoms with E-state index < -0.39 is 24.3 Å². The number of benzene rings is 2. The Kier molecular flexibility index (Phi) is 7.94. The van der Waals surface area contributed by atoms with E-state index in [2.05, 4.69) is 4.98 Å². The minimum absolute atomic E-state index is 0.441. The Labute approximate surface area is 195 Å². The van der Waals surface area contributed by atoms with E-state index in [9.17, 15) is 18.0 Å². The average molecular weight is 471 g/mol. The first-order valence-electron chi connectivity index (χ1n) is 10.7. The highest BCUT2D eigenvalue weighted by Gasteiger charge is 2.30. The molecule has 178 valence electrons. The van der Waals surface area contributed by atoms with E-state index in [1.165, 1.54) is 12.1 Å². The van der Waals surface area contributed by atoms with Crippen molar-refractivity contribution in [2.45, 2.75) is 32.9 Å². The second kappa shape index (κ2) is 10.9. The number of unbranched alkanes of at least 4 members (excludes halogenated alkanes) is 1. The number of alkyl halides is 3. The van der Waals surface area contributed by atoms with Crippen LogP contribution in [0.1, 0.15) is 36.6 Å². The molecule has 0 atom stereocenters. The van der Waals surface area contributed by atoms with E-state index >= 15 is 0 Å². The minimum atomic E-state index is -4.40. The van der Waals surface area contributed by atoms with E-state index in [0.717, 1.165) is 25.0 Å². The third-order valence-corrected chi connectivity index (χ3v) is 4.85. The van der Waals surface area contributed by atoms with Crippen LogP contribution < -0.4 is 9.47 Å². The minimum Gasteiger partial charge on any atom is -0.482 e. The molecule has 0 spiro atoms. The summed E-state index contributed by atoms with van der Waals surface area (Å²) in [6.45, 7) is 3.37. The Hall–Kier alpha value is -3.81. The van der Waals surface area contributed by atoms with Crippen LogP contribution in [0.5, 0.6) is 11.5 Å². The second-order valence-corrected chi connectivity index (χ2v) is 7.55. The standard InChI is InChI=1S/C26H24F3NO4/c1-3-4-8-24(34-20-13-14-23(17(2)15-20)33-16-25(31)32)22-7-5-6-21(30-22)18-9-11-19(12-10-18)26(27,28)29/h5-15H,3-4,16H2,1-2H3,(H,31,32)/b24-8+. The zero-order valence-corrected chi connectivity index (χ0v) is 18.7. The van der Waals surface area contributed by atoms with Crippen molar-refractivity contribution in [2.24, 2.45) is 0 Å². The number of aliphatic carboxylic acids is 1. The molecule has 0 saturated carbocycles. The maximum Gasteiger partial charge on any atom is 0.416 e. The fourth-order valence-corrected chi connectivity index (χ4v) is 3.15. The van der Waals surface area contributed by atoms with Gasteiger partial charge in [-0.15, -0.1) is 0 Å². The lowest BCUT2D eigenvalue weighted by molar-refractivity contribution is -0.139. The maximum atomic E-state index is 12.9. The molecule has 1 N–H and O–H groups in total. The SMILES string of the molecule is CCC/C=C(/Oc1ccc(OCC(=O)O)c(C)c1)c1cccc(-c2ccc(C(F)(F)F)cc2)n1. The molecule has 1 heterocycles. The zero-order valence-electron chi connectivity index (χ0n) is 18.7. The molecule has 34 heavy (non-hydrogen) atoms. The number of halogens is 3. The fraction of sp³-hybridized carbons (Fsp3) is 0.231. The Morgan fingerprint density at radius 3 is 2.44 bits per heavy atom. The Balaban J connectivity index is 1.86. The first kappa shape index (κ1) is 24.8. The molecule has 0 aliphatic heterocycles. The van der Waals surface area contributed by atoms with Gasteiger partial charge in [-0.25, -0.2) is 9.78 Å². The van der Waals surface area contributed by atoms with Crippen LogP contribution in [-0.2, 0) is 11.0 Å². The summed E-state index contributed by atoms with van der Waals surface area (Å²) < 4.78 is 50.0. The highest BCUT2D eigenvalue weighted by atomic mass is 19.4. The highest BCUT2D eigenvalue weighted by Crippen LogP contribution is 2.31. The molecule has 3 aromatic rings. The van der Waals surface area contributed by atoms with Crippen molar-refractivity contribution in [2.75, 3.05) is 6.61 Å². The number of nitrogens with zero attached hydrogens (tertiary/aromatic N) is 1. The molecule has 5 nitrogen and oxygen atoms in total. The maximum absolute atomic E-state index is 12.9. The summed E-state index contributed by atoms with van der Waals surface area (Å²) in [5.41, 5.74) is 1.60. The second-order valence-electron chi connectivity index (χ2n) is 7.55. The Bertz CT molecular complexity index is 1170. The summed E-state index contributed by atoms with van der Waals surface area (Å²) in [5, 5.41) is 8.79. The molecule has 0 fully saturated rings. The number of hydrogen-bond donors (Lipinski definition) is 1. The van der Waals surface area contributed by atoms with Crippen LogP contribution in [0.4, 0.5) is 13.2 Å². The van der Waals surface area contributed by atoms with Crippen LogP contribution in [0.25, 0.3) is 17.0 Å². The van der Waals surface area contributed by atoms with Crippen LogP contribution in [0.2, 0.25) is 0 Å². The number of aromatic nitrogens is 1. The van der Waals surface area contributed by atoms with Gasteiger partial charge in [-0.2, -0.15) is 13.2 Å². The molecule has 0 amide bonds. The number of rotatable bonds is 9. The number of carbonyl (C=O) groups is 1. The molecule has 1 aromatic heterocycles. The number of aryl methyl sites for hydroxylation is 1. The van der Waals surface area contributed by atoms with E-state index in [1.54, 1.807) is 43.3 Å². The molecule has 0 radical (unpaired) electrons. The molecule has 0 saturated heterocycles. The fourth-order valence-electron chi connectivity index (χ4n) is 3.15. The largest absolute Gasteiger partial charge is 0.482 e. The van der Waals surface area contributed by atoms with Crippen molar-refractivity contribution in [1.29, 1.82) is 0 Å². The number of pyridine rings is 1. The van der Waals surface area contributed by atoms with Gasteiger partial charge in [0.15, 0.2) is 6.61 Å². The lowest BCUT2D eigenvalue weighted by Gasteiger charge is -2.14. The summed E-state index contributed by atoms with van der Waals surface area (Å²) in [5.74, 6) is 0.401. The van der Waals surface area contributed by atoms with Gasteiger partial charge >= 0.3 is 12.1 Å². The Morgan fingerprint density at radius 1 is 1.09 bits per heavy atom. The van der Waals surface area contributed by atoms with E-state index in [1.807, 2.05) is 13.0 Å². The molecular formula is C26H24F3NO4. The number of ether oxygens (including phenoxy) is 2. The van der Waals surface area contributed by atoms with Crippen molar-refractivity contribution in [3.05, 3.63) is 83.6 Å². The predicted octanol–water partition coefficient (Wildman–Crippen LogP) is 6.76. The summed E-state index contributed by atoms with van der Waals surface area (Å²) in [7, 11) is 0.